The number of para-hydroxylation sites is 1. The van der Waals surface area contributed by atoms with Crippen LogP contribution in [-0.2, 0) is 14.4 Å². The van der Waals surface area contributed by atoms with Gasteiger partial charge in [-0.3, -0.25) is 14.4 Å². The molecule has 33 heavy (non-hydrogen) atoms. The minimum Gasteiger partial charge on any atom is -0.497 e. The third-order valence-corrected chi connectivity index (χ3v) is 5.97. The van der Waals surface area contributed by atoms with Crippen LogP contribution < -0.4 is 19.4 Å². The van der Waals surface area contributed by atoms with Gasteiger partial charge in [-0.15, -0.1) is 0 Å². The number of carbonyl (C=O) groups excluding carboxylic acids is 2. The second kappa shape index (κ2) is 8.22. The van der Waals surface area contributed by atoms with Crippen LogP contribution in [0, 0.1) is 11.7 Å². The smallest absolute Gasteiger partial charge is 0.266 e. The quantitative estimate of drug-likeness (QED) is 0.552. The van der Waals surface area contributed by atoms with Crippen molar-refractivity contribution in [3.05, 3.63) is 84.2 Å². The molecule has 168 valence electrons. The van der Waals surface area contributed by atoms with Gasteiger partial charge >= 0.3 is 0 Å². The lowest BCUT2D eigenvalue weighted by molar-refractivity contribution is -0.126. The van der Waals surface area contributed by atoms with E-state index in [9.17, 15) is 14.0 Å². The molecule has 8 heteroatoms. The second-order valence-electron chi connectivity index (χ2n) is 7.75. The van der Waals surface area contributed by atoms with Crippen molar-refractivity contribution in [3.8, 4) is 11.5 Å². The zero-order valence-electron chi connectivity index (χ0n) is 18.0. The van der Waals surface area contributed by atoms with Crippen LogP contribution in [0.4, 0.5) is 15.8 Å². The molecule has 0 bridgehead atoms. The molecule has 2 saturated heterocycles. The standard InChI is InChI=1S/C25H21FN2O5/c1-31-18-12-13-19(20(14-18)32-2)22-21-23(33-28(22)17-6-4-3-5-7-17)25(30)27(24(21)29)16-10-8-15(26)9-11-16/h3-14,21-23H,1-2H3/t21-,22+,23-/m1/s1. The molecule has 2 heterocycles. The number of benzene rings is 3. The van der Waals surface area contributed by atoms with E-state index in [0.29, 0.717) is 28.4 Å². The summed E-state index contributed by atoms with van der Waals surface area (Å²) in [7, 11) is 3.09. The molecule has 2 fully saturated rings. The van der Waals surface area contributed by atoms with E-state index >= 15 is 0 Å². The number of nitrogens with zero attached hydrogens (tertiary/aromatic N) is 2. The number of hydroxylamine groups is 1. The number of methoxy groups -OCH3 is 2. The molecule has 2 aliphatic heterocycles. The maximum absolute atomic E-state index is 13.6. The van der Waals surface area contributed by atoms with E-state index in [1.807, 2.05) is 36.4 Å². The fourth-order valence-corrected chi connectivity index (χ4v) is 4.44. The van der Waals surface area contributed by atoms with Gasteiger partial charge in [0.15, 0.2) is 6.10 Å². The number of imide groups is 1. The Balaban J connectivity index is 1.62. The zero-order chi connectivity index (χ0) is 23.1. The molecule has 2 amide bonds. The largest absolute Gasteiger partial charge is 0.497 e. The fraction of sp³-hybridized carbons (Fsp3) is 0.200. The highest BCUT2D eigenvalue weighted by atomic mass is 19.1. The molecule has 5 rings (SSSR count). The van der Waals surface area contributed by atoms with Crippen molar-refractivity contribution in [2.24, 2.45) is 5.92 Å². The summed E-state index contributed by atoms with van der Waals surface area (Å²) in [4.78, 5) is 34.1. The Morgan fingerprint density at radius 3 is 2.24 bits per heavy atom. The summed E-state index contributed by atoms with van der Waals surface area (Å²) in [5, 5.41) is 1.59. The van der Waals surface area contributed by atoms with Crippen LogP contribution >= 0.6 is 0 Å². The lowest BCUT2D eigenvalue weighted by atomic mass is 9.90. The van der Waals surface area contributed by atoms with Gasteiger partial charge in [0.2, 0.25) is 5.91 Å². The van der Waals surface area contributed by atoms with Gasteiger partial charge in [0.1, 0.15) is 23.2 Å². The number of hydrogen-bond acceptors (Lipinski definition) is 6. The summed E-state index contributed by atoms with van der Waals surface area (Å²) in [6, 6.07) is 19.2. The predicted octanol–water partition coefficient (Wildman–Crippen LogP) is 3.89. The van der Waals surface area contributed by atoms with E-state index in [-0.39, 0.29) is 0 Å². The Morgan fingerprint density at radius 1 is 0.848 bits per heavy atom. The van der Waals surface area contributed by atoms with Crippen molar-refractivity contribution in [2.75, 3.05) is 24.2 Å². The number of amides is 2. The number of fused-ring (bicyclic) bond motifs is 1. The first kappa shape index (κ1) is 21.0. The van der Waals surface area contributed by atoms with Crippen LogP contribution in [0.5, 0.6) is 11.5 Å². The number of ether oxygens (including phenoxy) is 2. The summed E-state index contributed by atoms with van der Waals surface area (Å²) in [6.07, 6.45) is -1.03. The highest BCUT2D eigenvalue weighted by Gasteiger charge is 2.60. The number of rotatable bonds is 5. The molecule has 0 N–H and O–H groups in total. The molecule has 0 aliphatic carbocycles. The molecule has 7 nitrogen and oxygen atoms in total. The van der Waals surface area contributed by atoms with E-state index < -0.39 is 35.7 Å². The van der Waals surface area contributed by atoms with Gasteiger partial charge in [-0.1, -0.05) is 18.2 Å². The number of carbonyl (C=O) groups is 2. The minimum atomic E-state index is -1.03. The van der Waals surface area contributed by atoms with E-state index in [2.05, 4.69) is 0 Å². The maximum atomic E-state index is 13.6. The minimum absolute atomic E-state index is 0.302. The number of halogens is 1. The summed E-state index contributed by atoms with van der Waals surface area (Å²) in [6.45, 7) is 0. The van der Waals surface area contributed by atoms with Crippen molar-refractivity contribution in [2.45, 2.75) is 12.1 Å². The van der Waals surface area contributed by atoms with Crippen molar-refractivity contribution < 1.29 is 28.3 Å². The highest BCUT2D eigenvalue weighted by Crippen LogP contribution is 2.49. The Labute approximate surface area is 189 Å². The van der Waals surface area contributed by atoms with Gasteiger partial charge in [-0.05, 0) is 48.5 Å². The molecular formula is C25H21FN2O5. The second-order valence-corrected chi connectivity index (χ2v) is 7.75. The molecular weight excluding hydrogens is 427 g/mol. The first-order valence-electron chi connectivity index (χ1n) is 10.4. The van der Waals surface area contributed by atoms with Crippen LogP contribution in [0.15, 0.2) is 72.8 Å². The molecule has 3 aromatic carbocycles. The molecule has 0 saturated carbocycles. The summed E-state index contributed by atoms with van der Waals surface area (Å²) < 4.78 is 24.3. The van der Waals surface area contributed by atoms with E-state index in [1.54, 1.807) is 24.3 Å². The van der Waals surface area contributed by atoms with Crippen LogP contribution in [0.1, 0.15) is 11.6 Å². The third kappa shape index (κ3) is 3.39. The van der Waals surface area contributed by atoms with Gasteiger partial charge in [0, 0.05) is 11.6 Å². The zero-order valence-corrected chi connectivity index (χ0v) is 18.0. The maximum Gasteiger partial charge on any atom is 0.266 e. The molecule has 2 aliphatic rings. The van der Waals surface area contributed by atoms with Gasteiger partial charge in [-0.2, -0.15) is 0 Å². The van der Waals surface area contributed by atoms with Crippen LogP contribution in [0.3, 0.4) is 0 Å². The summed E-state index contributed by atoms with van der Waals surface area (Å²) >= 11 is 0. The van der Waals surface area contributed by atoms with Crippen LogP contribution in [0.2, 0.25) is 0 Å². The molecule has 3 atom stereocenters. The normalized spacial score (nSPS) is 22.0. The molecule has 0 radical (unpaired) electrons. The highest BCUT2D eigenvalue weighted by molar-refractivity contribution is 6.23. The average Bonchev–Trinajstić information content (AvgIpc) is 3.35. The fourth-order valence-electron chi connectivity index (χ4n) is 4.44. The molecule has 3 aromatic rings. The van der Waals surface area contributed by atoms with Crippen LogP contribution in [-0.4, -0.2) is 32.1 Å². The molecule has 0 unspecified atom stereocenters. The van der Waals surface area contributed by atoms with Gasteiger partial charge in [0.25, 0.3) is 5.91 Å². The van der Waals surface area contributed by atoms with E-state index in [4.69, 9.17) is 14.3 Å². The first-order valence-corrected chi connectivity index (χ1v) is 10.4. The average molecular weight is 448 g/mol. The first-order chi connectivity index (χ1) is 16.0. The monoisotopic (exact) mass is 448 g/mol. The summed E-state index contributed by atoms with van der Waals surface area (Å²) in [5.41, 5.74) is 1.68. The van der Waals surface area contributed by atoms with E-state index in [1.165, 1.54) is 31.4 Å². The van der Waals surface area contributed by atoms with Gasteiger partial charge in [-0.25, -0.2) is 14.4 Å². The van der Waals surface area contributed by atoms with Crippen molar-refractivity contribution in [1.29, 1.82) is 0 Å². The number of anilines is 2. The van der Waals surface area contributed by atoms with Crippen molar-refractivity contribution in [3.63, 3.8) is 0 Å². The molecule has 0 spiro atoms. The van der Waals surface area contributed by atoms with Crippen LogP contribution in [0.25, 0.3) is 0 Å². The van der Waals surface area contributed by atoms with Gasteiger partial charge in [0.05, 0.1) is 31.6 Å². The van der Waals surface area contributed by atoms with Crippen molar-refractivity contribution in [1.82, 2.24) is 0 Å². The Hall–Kier alpha value is -3.91. The SMILES string of the molecule is COc1ccc([C@H]2[C@H]3C(=O)N(c4ccc(F)cc4)C(=O)[C@@H]3ON2c2ccccc2)c(OC)c1. The van der Waals surface area contributed by atoms with E-state index in [0.717, 1.165) is 4.90 Å². The Kier molecular flexibility index (Phi) is 5.22. The summed E-state index contributed by atoms with van der Waals surface area (Å²) in [5.74, 6) is -1.09. The number of hydrogen-bond donors (Lipinski definition) is 0. The third-order valence-electron chi connectivity index (χ3n) is 5.97. The van der Waals surface area contributed by atoms with Gasteiger partial charge < -0.3 is 9.47 Å². The predicted molar refractivity (Wildman–Crippen MR) is 118 cm³/mol. The Bertz CT molecular complexity index is 1200. The lowest BCUT2D eigenvalue weighted by Gasteiger charge is -2.29. The lowest BCUT2D eigenvalue weighted by Crippen LogP contribution is -2.37. The molecule has 0 aromatic heterocycles. The topological polar surface area (TPSA) is 68.3 Å². The Morgan fingerprint density at radius 2 is 1.58 bits per heavy atom. The van der Waals surface area contributed by atoms with Crippen molar-refractivity contribution >= 4 is 23.2 Å².